The van der Waals surface area contributed by atoms with Crippen LogP contribution in [0, 0.1) is 13.8 Å². The zero-order valence-electron chi connectivity index (χ0n) is 17.2. The average Bonchev–Trinajstić information content (AvgIpc) is 3.12. The van der Waals surface area contributed by atoms with Gasteiger partial charge in [-0.25, -0.2) is 0 Å². The van der Waals surface area contributed by atoms with Crippen molar-refractivity contribution in [1.82, 2.24) is 4.90 Å². The Bertz CT molecular complexity index is 1040. The molecular weight excluding hydrogens is 368 g/mol. The van der Waals surface area contributed by atoms with Crippen molar-refractivity contribution in [2.75, 3.05) is 25.5 Å². The van der Waals surface area contributed by atoms with Gasteiger partial charge in [0.25, 0.3) is 0 Å². The van der Waals surface area contributed by atoms with Crippen LogP contribution in [0.4, 0.5) is 5.69 Å². The number of anilines is 1. The van der Waals surface area contributed by atoms with Crippen LogP contribution >= 0.6 is 0 Å². The molecule has 3 rings (SSSR count). The van der Waals surface area contributed by atoms with Gasteiger partial charge in [0.2, 0.25) is 11.8 Å². The number of carbonyl (C=O) groups is 2. The van der Waals surface area contributed by atoms with E-state index in [4.69, 9.17) is 9.15 Å². The topological polar surface area (TPSA) is 71.8 Å². The lowest BCUT2D eigenvalue weighted by Crippen LogP contribution is -2.38. The van der Waals surface area contributed by atoms with Gasteiger partial charge in [0.15, 0.2) is 0 Å². The van der Waals surface area contributed by atoms with E-state index in [-0.39, 0.29) is 24.8 Å². The SMILES string of the molecule is CCN(CC(=O)Nc1ccccc1OC)C(=O)Cc1coc2c(C)c(C)ccc12. The minimum Gasteiger partial charge on any atom is -0.495 e. The fraction of sp³-hybridized carbons (Fsp3) is 0.304. The highest BCUT2D eigenvalue weighted by atomic mass is 16.5. The van der Waals surface area contributed by atoms with Crippen molar-refractivity contribution in [1.29, 1.82) is 0 Å². The highest BCUT2D eigenvalue weighted by Crippen LogP contribution is 2.27. The fourth-order valence-corrected chi connectivity index (χ4v) is 3.29. The molecule has 0 saturated carbocycles. The summed E-state index contributed by atoms with van der Waals surface area (Å²) in [6.07, 6.45) is 1.82. The van der Waals surface area contributed by atoms with E-state index in [1.807, 2.05) is 45.0 Å². The van der Waals surface area contributed by atoms with Crippen molar-refractivity contribution in [2.24, 2.45) is 0 Å². The first-order chi connectivity index (χ1) is 13.9. The normalized spacial score (nSPS) is 10.8. The van der Waals surface area contributed by atoms with Gasteiger partial charge in [-0.2, -0.15) is 0 Å². The number of aryl methyl sites for hydroxylation is 2. The van der Waals surface area contributed by atoms with E-state index in [2.05, 4.69) is 5.32 Å². The number of rotatable bonds is 7. The van der Waals surface area contributed by atoms with Gasteiger partial charge in [-0.1, -0.05) is 24.3 Å². The Labute approximate surface area is 170 Å². The van der Waals surface area contributed by atoms with E-state index < -0.39 is 0 Å². The van der Waals surface area contributed by atoms with Gasteiger partial charge in [0, 0.05) is 17.5 Å². The Morgan fingerprint density at radius 1 is 1.14 bits per heavy atom. The number of furan rings is 1. The molecule has 0 radical (unpaired) electrons. The first-order valence-electron chi connectivity index (χ1n) is 9.61. The molecule has 0 aliphatic carbocycles. The molecule has 29 heavy (non-hydrogen) atoms. The lowest BCUT2D eigenvalue weighted by atomic mass is 10.0. The number of carbonyl (C=O) groups excluding carboxylic acids is 2. The maximum Gasteiger partial charge on any atom is 0.244 e. The third kappa shape index (κ3) is 4.42. The van der Waals surface area contributed by atoms with Crippen LogP contribution in [-0.2, 0) is 16.0 Å². The molecule has 0 aliphatic heterocycles. The van der Waals surface area contributed by atoms with Crippen LogP contribution in [0.1, 0.15) is 23.6 Å². The summed E-state index contributed by atoms with van der Waals surface area (Å²) in [5, 5.41) is 3.75. The van der Waals surface area contributed by atoms with E-state index in [9.17, 15) is 9.59 Å². The number of benzene rings is 2. The van der Waals surface area contributed by atoms with Crippen LogP contribution in [0.25, 0.3) is 11.0 Å². The Kier molecular flexibility index (Phi) is 6.22. The minimum absolute atomic E-state index is 0.0265. The molecule has 152 valence electrons. The van der Waals surface area contributed by atoms with Crippen molar-refractivity contribution in [3.05, 3.63) is 59.4 Å². The van der Waals surface area contributed by atoms with Crippen molar-refractivity contribution in [3.63, 3.8) is 0 Å². The summed E-state index contributed by atoms with van der Waals surface area (Å²) in [6.45, 7) is 6.30. The van der Waals surface area contributed by atoms with Crippen molar-refractivity contribution in [3.8, 4) is 5.75 Å². The number of likely N-dealkylation sites (N-methyl/N-ethyl adjacent to an activating group) is 1. The van der Waals surface area contributed by atoms with Gasteiger partial charge in [-0.15, -0.1) is 0 Å². The molecule has 0 unspecified atom stereocenters. The summed E-state index contributed by atoms with van der Waals surface area (Å²) in [5.74, 6) is 0.183. The zero-order chi connectivity index (χ0) is 21.0. The molecule has 1 heterocycles. The average molecular weight is 394 g/mol. The molecule has 0 atom stereocenters. The Balaban J connectivity index is 1.69. The second-order valence-electron chi connectivity index (χ2n) is 6.98. The Morgan fingerprint density at radius 3 is 2.62 bits per heavy atom. The summed E-state index contributed by atoms with van der Waals surface area (Å²) >= 11 is 0. The number of para-hydroxylation sites is 2. The number of ether oxygens (including phenoxy) is 1. The highest BCUT2D eigenvalue weighted by Gasteiger charge is 2.19. The van der Waals surface area contributed by atoms with E-state index in [0.717, 1.165) is 27.7 Å². The van der Waals surface area contributed by atoms with Crippen molar-refractivity contribution in [2.45, 2.75) is 27.2 Å². The largest absolute Gasteiger partial charge is 0.495 e. The molecule has 2 amide bonds. The fourth-order valence-electron chi connectivity index (χ4n) is 3.29. The maximum atomic E-state index is 12.8. The summed E-state index contributed by atoms with van der Waals surface area (Å²) < 4.78 is 10.9. The van der Waals surface area contributed by atoms with E-state index in [1.54, 1.807) is 25.5 Å². The monoisotopic (exact) mass is 394 g/mol. The van der Waals surface area contributed by atoms with Crippen LogP contribution in [0.5, 0.6) is 5.75 Å². The lowest BCUT2D eigenvalue weighted by molar-refractivity contribution is -0.133. The molecule has 1 aromatic heterocycles. The number of amides is 2. The summed E-state index contributed by atoms with van der Waals surface area (Å²) in [5.41, 5.74) is 4.44. The van der Waals surface area contributed by atoms with Crippen LogP contribution in [-0.4, -0.2) is 36.9 Å². The second kappa shape index (κ2) is 8.82. The molecule has 0 aliphatic rings. The number of hydrogen-bond donors (Lipinski definition) is 1. The van der Waals surface area contributed by atoms with Crippen molar-refractivity contribution < 1.29 is 18.7 Å². The quantitative estimate of drug-likeness (QED) is 0.655. The Hall–Kier alpha value is -3.28. The number of nitrogens with zero attached hydrogens (tertiary/aromatic N) is 1. The summed E-state index contributed by atoms with van der Waals surface area (Å²) in [7, 11) is 1.55. The van der Waals surface area contributed by atoms with Crippen LogP contribution in [0.15, 0.2) is 47.1 Å². The van der Waals surface area contributed by atoms with E-state index in [1.165, 1.54) is 4.90 Å². The molecule has 0 spiro atoms. The Morgan fingerprint density at radius 2 is 1.90 bits per heavy atom. The molecule has 6 nitrogen and oxygen atoms in total. The molecule has 1 N–H and O–H groups in total. The lowest BCUT2D eigenvalue weighted by Gasteiger charge is -2.20. The number of methoxy groups -OCH3 is 1. The molecule has 0 saturated heterocycles. The minimum atomic E-state index is -0.270. The standard InChI is InChI=1S/C23H26N2O4/c1-5-25(13-21(26)24-19-8-6-7-9-20(19)28-4)22(27)12-17-14-29-23-16(3)15(2)10-11-18(17)23/h6-11,14H,5,12-13H2,1-4H3,(H,24,26). The predicted molar refractivity (Wildman–Crippen MR) is 113 cm³/mol. The third-order valence-corrected chi connectivity index (χ3v) is 5.13. The van der Waals surface area contributed by atoms with Crippen molar-refractivity contribution >= 4 is 28.5 Å². The first kappa shape index (κ1) is 20.5. The number of hydrogen-bond acceptors (Lipinski definition) is 4. The van der Waals surface area contributed by atoms with Gasteiger partial charge < -0.3 is 19.4 Å². The smallest absolute Gasteiger partial charge is 0.244 e. The van der Waals surface area contributed by atoms with E-state index in [0.29, 0.717) is 18.0 Å². The van der Waals surface area contributed by atoms with Gasteiger partial charge >= 0.3 is 0 Å². The maximum absolute atomic E-state index is 12.8. The van der Waals surface area contributed by atoms with Gasteiger partial charge in [-0.3, -0.25) is 9.59 Å². The van der Waals surface area contributed by atoms with Crippen LogP contribution < -0.4 is 10.1 Å². The third-order valence-electron chi connectivity index (χ3n) is 5.13. The molecule has 0 bridgehead atoms. The van der Waals surface area contributed by atoms with Gasteiger partial charge in [0.05, 0.1) is 32.0 Å². The predicted octanol–water partition coefficient (Wildman–Crippen LogP) is 4.09. The highest BCUT2D eigenvalue weighted by molar-refractivity contribution is 5.96. The molecule has 3 aromatic rings. The molecule has 2 aromatic carbocycles. The van der Waals surface area contributed by atoms with Crippen LogP contribution in [0.3, 0.4) is 0 Å². The number of fused-ring (bicyclic) bond motifs is 1. The molecular formula is C23H26N2O4. The zero-order valence-corrected chi connectivity index (χ0v) is 17.2. The molecule has 0 fully saturated rings. The molecule has 6 heteroatoms. The first-order valence-corrected chi connectivity index (χ1v) is 9.61. The van der Waals surface area contributed by atoms with Gasteiger partial charge in [-0.05, 0) is 44.0 Å². The summed E-state index contributed by atoms with van der Waals surface area (Å²) in [6, 6.07) is 11.2. The van der Waals surface area contributed by atoms with Gasteiger partial charge in [0.1, 0.15) is 11.3 Å². The number of nitrogens with one attached hydrogen (secondary N) is 1. The second-order valence-corrected chi connectivity index (χ2v) is 6.98. The van der Waals surface area contributed by atoms with E-state index >= 15 is 0 Å². The summed E-state index contributed by atoms with van der Waals surface area (Å²) in [4.78, 5) is 26.8. The van der Waals surface area contributed by atoms with Crippen LogP contribution in [0.2, 0.25) is 0 Å².